The Morgan fingerprint density at radius 1 is 1.50 bits per heavy atom. The van der Waals surface area contributed by atoms with Crippen LogP contribution in [0.3, 0.4) is 0 Å². The molecule has 2 heteroatoms. The van der Waals surface area contributed by atoms with Crippen LogP contribution in [-0.2, 0) is 0 Å². The molecule has 2 aliphatic carbocycles. The highest BCUT2D eigenvalue weighted by atomic mass is 16.3. The molecule has 0 aliphatic heterocycles. The summed E-state index contributed by atoms with van der Waals surface area (Å²) in [6.45, 7) is 0.174. The van der Waals surface area contributed by atoms with E-state index in [0.29, 0.717) is 5.92 Å². The van der Waals surface area contributed by atoms with Crippen molar-refractivity contribution in [3.63, 3.8) is 0 Å². The normalized spacial score (nSPS) is 52.2. The van der Waals surface area contributed by atoms with E-state index < -0.39 is 5.60 Å². The molecule has 0 aromatic heterocycles. The molecule has 0 aromatic carbocycles. The van der Waals surface area contributed by atoms with E-state index in [1.807, 2.05) is 0 Å². The summed E-state index contributed by atoms with van der Waals surface area (Å²) in [7, 11) is 0. The molecule has 0 heterocycles. The standard InChI is InChI=1S/C8H14O2/c9-5-7-4-6-2-1-3-8(6,7)10/h6-7,9-10H,1-5H2/t6-,7+,8+/m0/s1. The molecule has 2 N–H and O–H groups in total. The molecular formula is C8H14O2. The SMILES string of the molecule is OC[C@H]1C[C@@H]2CCC[C@]12O. The Morgan fingerprint density at radius 3 is 2.90 bits per heavy atom. The van der Waals surface area contributed by atoms with E-state index >= 15 is 0 Å². The summed E-state index contributed by atoms with van der Waals surface area (Å²) < 4.78 is 0. The van der Waals surface area contributed by atoms with Gasteiger partial charge in [-0.1, -0.05) is 6.42 Å². The van der Waals surface area contributed by atoms with Gasteiger partial charge in [0.05, 0.1) is 5.60 Å². The summed E-state index contributed by atoms with van der Waals surface area (Å²) >= 11 is 0. The second-order valence-electron chi connectivity index (χ2n) is 3.70. The Balaban J connectivity index is 2.08. The average molecular weight is 142 g/mol. The van der Waals surface area contributed by atoms with Crippen molar-refractivity contribution in [1.82, 2.24) is 0 Å². The third kappa shape index (κ3) is 0.611. The number of fused-ring (bicyclic) bond motifs is 1. The lowest BCUT2D eigenvalue weighted by Gasteiger charge is -2.48. The minimum Gasteiger partial charge on any atom is -0.396 e. The van der Waals surface area contributed by atoms with Gasteiger partial charge in [0.25, 0.3) is 0 Å². The summed E-state index contributed by atoms with van der Waals surface area (Å²) in [4.78, 5) is 0. The van der Waals surface area contributed by atoms with Crippen molar-refractivity contribution in [1.29, 1.82) is 0 Å². The van der Waals surface area contributed by atoms with Crippen molar-refractivity contribution < 1.29 is 10.2 Å². The van der Waals surface area contributed by atoms with Crippen LogP contribution in [0.1, 0.15) is 25.7 Å². The molecule has 58 valence electrons. The minimum absolute atomic E-state index is 0.174. The van der Waals surface area contributed by atoms with E-state index in [1.165, 1.54) is 6.42 Å². The van der Waals surface area contributed by atoms with Gasteiger partial charge in [0.1, 0.15) is 0 Å². The first-order valence-electron chi connectivity index (χ1n) is 4.10. The Kier molecular flexibility index (Phi) is 1.29. The van der Waals surface area contributed by atoms with E-state index in [0.717, 1.165) is 19.3 Å². The number of rotatable bonds is 1. The van der Waals surface area contributed by atoms with E-state index in [1.54, 1.807) is 0 Å². The van der Waals surface area contributed by atoms with Crippen LogP contribution in [0, 0.1) is 11.8 Å². The smallest absolute Gasteiger partial charge is 0.0725 e. The van der Waals surface area contributed by atoms with Gasteiger partial charge in [-0.25, -0.2) is 0 Å². The van der Waals surface area contributed by atoms with E-state index in [-0.39, 0.29) is 12.5 Å². The average Bonchev–Trinajstić information content (AvgIpc) is 2.17. The number of hydrogen-bond acceptors (Lipinski definition) is 2. The fraction of sp³-hybridized carbons (Fsp3) is 1.00. The predicted octanol–water partition coefficient (Wildman–Crippen LogP) is 0.530. The number of hydrogen-bond donors (Lipinski definition) is 2. The van der Waals surface area contributed by atoms with Crippen LogP contribution in [0.2, 0.25) is 0 Å². The summed E-state index contributed by atoms with van der Waals surface area (Å²) in [6.07, 6.45) is 4.29. The fourth-order valence-electron chi connectivity index (χ4n) is 2.56. The van der Waals surface area contributed by atoms with Crippen LogP contribution >= 0.6 is 0 Å². The molecule has 2 rings (SSSR count). The minimum atomic E-state index is -0.450. The third-order valence-electron chi connectivity index (χ3n) is 3.33. The lowest BCUT2D eigenvalue weighted by molar-refractivity contribution is -0.146. The van der Waals surface area contributed by atoms with Crippen molar-refractivity contribution in [3.8, 4) is 0 Å². The molecule has 2 saturated carbocycles. The molecule has 2 aliphatic rings. The monoisotopic (exact) mass is 142 g/mol. The Morgan fingerprint density at radius 2 is 2.30 bits per heavy atom. The number of aliphatic hydroxyl groups excluding tert-OH is 1. The maximum Gasteiger partial charge on any atom is 0.0725 e. The maximum atomic E-state index is 9.85. The molecule has 3 atom stereocenters. The zero-order chi connectivity index (χ0) is 7.19. The zero-order valence-corrected chi connectivity index (χ0v) is 6.08. The zero-order valence-electron chi connectivity index (χ0n) is 6.08. The van der Waals surface area contributed by atoms with Crippen LogP contribution in [0.5, 0.6) is 0 Å². The topological polar surface area (TPSA) is 40.5 Å². The summed E-state index contributed by atoms with van der Waals surface area (Å²) in [6, 6.07) is 0. The lowest BCUT2D eigenvalue weighted by Crippen LogP contribution is -2.53. The van der Waals surface area contributed by atoms with Gasteiger partial charge in [-0.05, 0) is 25.2 Å². The highest BCUT2D eigenvalue weighted by Gasteiger charge is 2.55. The fourth-order valence-corrected chi connectivity index (χ4v) is 2.56. The second-order valence-corrected chi connectivity index (χ2v) is 3.70. The van der Waals surface area contributed by atoms with Gasteiger partial charge in [0, 0.05) is 12.5 Å². The van der Waals surface area contributed by atoms with Crippen LogP contribution in [0.4, 0.5) is 0 Å². The van der Waals surface area contributed by atoms with E-state index in [4.69, 9.17) is 5.11 Å². The Hall–Kier alpha value is -0.0800. The van der Waals surface area contributed by atoms with E-state index in [9.17, 15) is 5.11 Å². The largest absolute Gasteiger partial charge is 0.396 e. The lowest BCUT2D eigenvalue weighted by atomic mass is 9.63. The number of aliphatic hydroxyl groups is 2. The molecule has 0 unspecified atom stereocenters. The quantitative estimate of drug-likeness (QED) is 0.560. The van der Waals surface area contributed by atoms with Crippen molar-refractivity contribution in [2.75, 3.05) is 6.61 Å². The molecule has 0 radical (unpaired) electrons. The van der Waals surface area contributed by atoms with Crippen molar-refractivity contribution in [2.45, 2.75) is 31.3 Å². The molecule has 0 bridgehead atoms. The van der Waals surface area contributed by atoms with Crippen LogP contribution in [0.25, 0.3) is 0 Å². The molecular weight excluding hydrogens is 128 g/mol. The highest BCUT2D eigenvalue weighted by molar-refractivity contribution is 5.06. The summed E-state index contributed by atoms with van der Waals surface area (Å²) in [5, 5.41) is 18.7. The Bertz CT molecular complexity index is 146. The van der Waals surface area contributed by atoms with Crippen LogP contribution < -0.4 is 0 Å². The van der Waals surface area contributed by atoms with Crippen LogP contribution in [0.15, 0.2) is 0 Å². The first kappa shape index (κ1) is 6.62. The van der Waals surface area contributed by atoms with Gasteiger partial charge >= 0.3 is 0 Å². The maximum absolute atomic E-state index is 9.85. The van der Waals surface area contributed by atoms with Crippen LogP contribution in [-0.4, -0.2) is 22.4 Å². The van der Waals surface area contributed by atoms with Gasteiger partial charge in [0.15, 0.2) is 0 Å². The predicted molar refractivity (Wildman–Crippen MR) is 37.5 cm³/mol. The molecule has 10 heavy (non-hydrogen) atoms. The third-order valence-corrected chi connectivity index (χ3v) is 3.33. The highest BCUT2D eigenvalue weighted by Crippen LogP contribution is 2.54. The molecule has 0 saturated heterocycles. The van der Waals surface area contributed by atoms with Gasteiger partial charge in [-0.2, -0.15) is 0 Å². The van der Waals surface area contributed by atoms with Gasteiger partial charge in [-0.3, -0.25) is 0 Å². The van der Waals surface area contributed by atoms with Gasteiger partial charge in [0.2, 0.25) is 0 Å². The molecule has 2 fully saturated rings. The molecule has 0 aromatic rings. The van der Waals surface area contributed by atoms with Gasteiger partial charge < -0.3 is 10.2 Å². The molecule has 0 spiro atoms. The second kappa shape index (κ2) is 1.95. The summed E-state index contributed by atoms with van der Waals surface area (Å²) in [5.74, 6) is 0.713. The Labute approximate surface area is 60.9 Å². The van der Waals surface area contributed by atoms with Gasteiger partial charge in [-0.15, -0.1) is 0 Å². The molecule has 2 nitrogen and oxygen atoms in total. The van der Waals surface area contributed by atoms with Crippen molar-refractivity contribution in [2.24, 2.45) is 11.8 Å². The van der Waals surface area contributed by atoms with Crippen molar-refractivity contribution >= 4 is 0 Å². The van der Waals surface area contributed by atoms with E-state index in [2.05, 4.69) is 0 Å². The first-order chi connectivity index (χ1) is 4.77. The first-order valence-corrected chi connectivity index (χ1v) is 4.10. The van der Waals surface area contributed by atoms with Crippen molar-refractivity contribution in [3.05, 3.63) is 0 Å². The molecule has 0 amide bonds. The summed E-state index contributed by atoms with van der Waals surface area (Å²) in [5.41, 5.74) is -0.450.